The van der Waals surface area contributed by atoms with Crippen LogP contribution in [-0.2, 0) is 16.0 Å². The van der Waals surface area contributed by atoms with Crippen LogP contribution in [0.5, 0.6) is 0 Å². The van der Waals surface area contributed by atoms with Gasteiger partial charge in [-0.15, -0.1) is 0 Å². The van der Waals surface area contributed by atoms with Crippen LogP contribution in [0.2, 0.25) is 0 Å². The maximum absolute atomic E-state index is 10.9. The minimum absolute atomic E-state index is 0.0677. The van der Waals surface area contributed by atoms with E-state index in [0.717, 1.165) is 34.6 Å². The summed E-state index contributed by atoms with van der Waals surface area (Å²) in [5.41, 5.74) is 5.68. The van der Waals surface area contributed by atoms with Crippen molar-refractivity contribution in [3.8, 4) is 11.8 Å². The predicted octanol–water partition coefficient (Wildman–Crippen LogP) is 7.23. The molecule has 2 aromatic rings. The van der Waals surface area contributed by atoms with Gasteiger partial charge in [-0.05, 0) is 68.0 Å². The molecule has 1 unspecified atom stereocenters. The highest BCUT2D eigenvalue weighted by atomic mass is 16.2. The smallest absolute Gasteiger partial charge is 0.230 e. The fourth-order valence-corrected chi connectivity index (χ4v) is 3.77. The zero-order chi connectivity index (χ0) is 26.2. The van der Waals surface area contributed by atoms with E-state index < -0.39 is 5.92 Å². The van der Waals surface area contributed by atoms with Crippen LogP contribution in [0.25, 0.3) is 5.57 Å². The first kappa shape index (κ1) is 29.9. The Morgan fingerprint density at radius 2 is 1.43 bits per heavy atom. The SMILES string of the molecule is C=C(C)c1ccc(C#Cc2ccc(CC)cc2)cc1.CC1CCCC1.CCC(C(C)=O)C(=O)NC. The normalized spacial score (nSPS) is 13.1. The van der Waals surface area contributed by atoms with E-state index in [-0.39, 0.29) is 11.7 Å². The lowest BCUT2D eigenvalue weighted by atomic mass is 10.0. The molecular weight excluding hydrogens is 430 g/mol. The molecule has 1 fully saturated rings. The molecule has 0 spiro atoms. The number of ketones is 1. The van der Waals surface area contributed by atoms with Crippen LogP contribution in [-0.4, -0.2) is 18.7 Å². The number of benzene rings is 2. The van der Waals surface area contributed by atoms with Crippen LogP contribution < -0.4 is 5.32 Å². The van der Waals surface area contributed by atoms with Gasteiger partial charge in [-0.1, -0.05) is 94.7 Å². The van der Waals surface area contributed by atoms with Crippen molar-refractivity contribution in [1.82, 2.24) is 5.32 Å². The molecular formula is C32H43NO2. The molecule has 0 aliphatic heterocycles. The minimum atomic E-state index is -0.454. The monoisotopic (exact) mass is 473 g/mol. The number of aryl methyl sites for hydroxylation is 1. The second-order valence-electron chi connectivity index (χ2n) is 9.23. The Balaban J connectivity index is 0.000000318. The molecule has 0 heterocycles. The average Bonchev–Trinajstić information content (AvgIpc) is 3.35. The number of nitrogens with one attached hydrogen (secondary N) is 1. The molecule has 0 saturated heterocycles. The Labute approximate surface area is 213 Å². The summed E-state index contributed by atoms with van der Waals surface area (Å²) in [7, 11) is 1.54. The van der Waals surface area contributed by atoms with Gasteiger partial charge in [0.1, 0.15) is 5.78 Å². The lowest BCUT2D eigenvalue weighted by Gasteiger charge is -2.07. The van der Waals surface area contributed by atoms with Crippen LogP contribution in [0.1, 0.15) is 89.0 Å². The Kier molecular flexibility index (Phi) is 14.1. The Morgan fingerprint density at radius 1 is 0.943 bits per heavy atom. The molecule has 0 aromatic heterocycles. The van der Waals surface area contributed by atoms with Gasteiger partial charge in [0, 0.05) is 18.2 Å². The summed E-state index contributed by atoms with van der Waals surface area (Å²) >= 11 is 0. The summed E-state index contributed by atoms with van der Waals surface area (Å²) in [5.74, 6) is 6.71. The maximum atomic E-state index is 10.9. The third kappa shape index (κ3) is 11.7. The molecule has 0 radical (unpaired) electrons. The zero-order valence-corrected chi connectivity index (χ0v) is 22.5. The van der Waals surface area contributed by atoms with Crippen molar-refractivity contribution in [3.05, 3.63) is 77.4 Å². The van der Waals surface area contributed by atoms with E-state index in [1.54, 1.807) is 0 Å². The number of allylic oxidation sites excluding steroid dienone is 1. The highest BCUT2D eigenvalue weighted by Gasteiger charge is 2.18. The molecule has 0 bridgehead atoms. The number of Topliss-reactive ketones (excluding diaryl/α,β-unsaturated/α-hetero) is 1. The van der Waals surface area contributed by atoms with Gasteiger partial charge in [-0.25, -0.2) is 0 Å². The molecule has 1 aliphatic carbocycles. The van der Waals surface area contributed by atoms with Crippen LogP contribution in [0.15, 0.2) is 55.1 Å². The first-order chi connectivity index (χ1) is 16.7. The predicted molar refractivity (Wildman–Crippen MR) is 149 cm³/mol. The fraction of sp³-hybridized carbons (Fsp3) is 0.438. The van der Waals surface area contributed by atoms with Crippen LogP contribution in [0.3, 0.4) is 0 Å². The van der Waals surface area contributed by atoms with Gasteiger partial charge >= 0.3 is 0 Å². The van der Waals surface area contributed by atoms with E-state index in [4.69, 9.17) is 0 Å². The van der Waals surface area contributed by atoms with Crippen molar-refractivity contribution < 1.29 is 9.59 Å². The van der Waals surface area contributed by atoms with Gasteiger partial charge in [-0.2, -0.15) is 0 Å². The van der Waals surface area contributed by atoms with E-state index in [1.165, 1.54) is 45.2 Å². The highest BCUT2D eigenvalue weighted by Crippen LogP contribution is 2.23. The molecule has 1 N–H and O–H groups in total. The summed E-state index contributed by atoms with van der Waals surface area (Å²) in [6, 6.07) is 16.6. The van der Waals surface area contributed by atoms with E-state index in [1.807, 2.05) is 26.0 Å². The summed E-state index contributed by atoms with van der Waals surface area (Å²) in [4.78, 5) is 21.6. The lowest BCUT2D eigenvalue weighted by Crippen LogP contribution is -2.31. The van der Waals surface area contributed by atoms with Gasteiger partial charge in [0.2, 0.25) is 5.91 Å². The van der Waals surface area contributed by atoms with E-state index in [2.05, 4.69) is 74.0 Å². The number of hydrogen-bond acceptors (Lipinski definition) is 2. The van der Waals surface area contributed by atoms with Crippen LogP contribution in [0.4, 0.5) is 0 Å². The molecule has 1 saturated carbocycles. The van der Waals surface area contributed by atoms with Crippen molar-refractivity contribution in [3.63, 3.8) is 0 Å². The molecule has 35 heavy (non-hydrogen) atoms. The third-order valence-electron chi connectivity index (χ3n) is 6.20. The van der Waals surface area contributed by atoms with Gasteiger partial charge in [0.25, 0.3) is 0 Å². The van der Waals surface area contributed by atoms with Crippen molar-refractivity contribution in [1.29, 1.82) is 0 Å². The van der Waals surface area contributed by atoms with Crippen LogP contribution >= 0.6 is 0 Å². The van der Waals surface area contributed by atoms with Crippen molar-refractivity contribution >= 4 is 17.3 Å². The van der Waals surface area contributed by atoms with Gasteiger partial charge in [0.05, 0.1) is 5.92 Å². The second-order valence-corrected chi connectivity index (χ2v) is 9.23. The Morgan fingerprint density at radius 3 is 1.71 bits per heavy atom. The summed E-state index contributed by atoms with van der Waals surface area (Å²) < 4.78 is 0. The minimum Gasteiger partial charge on any atom is -0.359 e. The molecule has 188 valence electrons. The van der Waals surface area contributed by atoms with Crippen molar-refractivity contribution in [2.45, 2.75) is 73.1 Å². The first-order valence-corrected chi connectivity index (χ1v) is 12.8. The van der Waals surface area contributed by atoms with E-state index in [9.17, 15) is 9.59 Å². The molecule has 3 rings (SSSR count). The number of amides is 1. The number of rotatable bonds is 5. The van der Waals surface area contributed by atoms with Crippen molar-refractivity contribution in [2.24, 2.45) is 11.8 Å². The fourth-order valence-electron chi connectivity index (χ4n) is 3.77. The number of hydrogen-bond donors (Lipinski definition) is 1. The Hall–Kier alpha value is -3.12. The maximum Gasteiger partial charge on any atom is 0.230 e. The van der Waals surface area contributed by atoms with Gasteiger partial charge in [0.15, 0.2) is 0 Å². The zero-order valence-electron chi connectivity index (χ0n) is 22.5. The molecule has 1 amide bonds. The lowest BCUT2D eigenvalue weighted by molar-refractivity contribution is -0.132. The topological polar surface area (TPSA) is 46.2 Å². The molecule has 2 aromatic carbocycles. The standard InChI is InChI=1S/C19H18.C7H13NO2.C6H12/c1-4-16-5-7-17(8-6-16)9-10-18-11-13-19(14-12-18)15(2)3;1-4-6(5(2)9)7(10)8-3;1-6-4-2-3-5-6/h5-8,11-14H,2,4H2,1,3H3;6H,4H2,1-3H3,(H,8,10);6H,2-5H2,1H3. The third-order valence-corrected chi connectivity index (χ3v) is 6.20. The average molecular weight is 474 g/mol. The van der Waals surface area contributed by atoms with E-state index >= 15 is 0 Å². The highest BCUT2D eigenvalue weighted by molar-refractivity contribution is 6.00. The second kappa shape index (κ2) is 16.5. The summed E-state index contributed by atoms with van der Waals surface area (Å²) in [6.07, 6.45) is 7.59. The number of carbonyl (C=O) groups excluding carboxylic acids is 2. The van der Waals surface area contributed by atoms with E-state index in [0.29, 0.717) is 6.42 Å². The molecule has 1 atom stereocenters. The first-order valence-electron chi connectivity index (χ1n) is 12.8. The Bertz CT molecular complexity index is 985. The summed E-state index contributed by atoms with van der Waals surface area (Å²) in [5, 5.41) is 2.44. The molecule has 3 nitrogen and oxygen atoms in total. The summed E-state index contributed by atoms with van der Waals surface area (Å²) in [6.45, 7) is 13.7. The van der Waals surface area contributed by atoms with Gasteiger partial charge < -0.3 is 5.32 Å². The van der Waals surface area contributed by atoms with Crippen LogP contribution in [0, 0.1) is 23.7 Å². The molecule has 1 aliphatic rings. The van der Waals surface area contributed by atoms with Crippen molar-refractivity contribution in [2.75, 3.05) is 7.05 Å². The molecule has 3 heteroatoms. The largest absolute Gasteiger partial charge is 0.359 e. The van der Waals surface area contributed by atoms with Gasteiger partial charge in [-0.3, -0.25) is 9.59 Å². The quantitative estimate of drug-likeness (QED) is 0.368. The number of carbonyl (C=O) groups is 2.